The largest absolute Gasteiger partial charge is 0.545 e. The number of nitrogens with zero attached hydrogens (tertiary/aromatic N) is 4. The number of azo groups is 2. The quantitative estimate of drug-likeness (QED) is 0.255. The molecule has 2 amide bonds. The van der Waals surface area contributed by atoms with Gasteiger partial charge in [-0.05, 0) is 59.7 Å². The van der Waals surface area contributed by atoms with Crippen LogP contribution in [0.25, 0.3) is 0 Å². The van der Waals surface area contributed by atoms with Gasteiger partial charge in [-0.1, -0.05) is 24.3 Å². The molecule has 2 N–H and O–H groups in total. The molecular weight excluding hydrogens is 544 g/mol. The van der Waals surface area contributed by atoms with Gasteiger partial charge < -0.3 is 39.9 Å². The number of benzene rings is 4. The first-order chi connectivity index (χ1) is 20.2. The van der Waals surface area contributed by atoms with Crippen LogP contribution in [-0.4, -0.2) is 32.2 Å². The van der Waals surface area contributed by atoms with Gasteiger partial charge in [0.05, 0.1) is 60.3 Å². The molecule has 0 aliphatic heterocycles. The molecular formula is C29H22N6O7-2. The van der Waals surface area contributed by atoms with E-state index in [1.54, 1.807) is 48.5 Å². The third kappa shape index (κ3) is 7.51. The van der Waals surface area contributed by atoms with Crippen LogP contribution < -0.4 is 30.3 Å². The van der Waals surface area contributed by atoms with E-state index in [1.807, 2.05) is 0 Å². The number of urea groups is 1. The fourth-order valence-electron chi connectivity index (χ4n) is 3.59. The standard InChI is InChI=1S/C29H24N6O7/c1-41-25-15-21(34-32-19-7-3-5-17(13-19)27(36)37)9-11-23(25)30-29(40)31-24-12-10-22(16-26(24)42-2)35-33-20-8-4-6-18(14-20)28(38)39/h3-16H,1-2H3,(H,36,37)(H,38,39)(H2,30,31,40)/p-2. The molecule has 0 radical (unpaired) electrons. The van der Waals surface area contributed by atoms with E-state index in [4.69, 9.17) is 9.47 Å². The molecule has 13 nitrogen and oxygen atoms in total. The van der Waals surface area contributed by atoms with E-state index < -0.39 is 18.0 Å². The molecule has 4 aromatic rings. The molecule has 0 aliphatic carbocycles. The zero-order valence-electron chi connectivity index (χ0n) is 22.2. The summed E-state index contributed by atoms with van der Waals surface area (Å²) in [7, 11) is 2.85. The molecule has 42 heavy (non-hydrogen) atoms. The summed E-state index contributed by atoms with van der Waals surface area (Å²) in [4.78, 5) is 34.8. The minimum atomic E-state index is -1.32. The zero-order valence-corrected chi connectivity index (χ0v) is 22.2. The van der Waals surface area contributed by atoms with Gasteiger partial charge in [0.25, 0.3) is 0 Å². The number of nitrogens with one attached hydrogen (secondary N) is 2. The molecule has 0 saturated heterocycles. The molecule has 0 heterocycles. The van der Waals surface area contributed by atoms with Crippen molar-refractivity contribution in [1.29, 1.82) is 0 Å². The number of ether oxygens (including phenoxy) is 2. The number of carbonyl (C=O) groups excluding carboxylic acids is 3. The highest BCUT2D eigenvalue weighted by atomic mass is 16.5. The van der Waals surface area contributed by atoms with Crippen molar-refractivity contribution in [3.8, 4) is 11.5 Å². The monoisotopic (exact) mass is 566 g/mol. The van der Waals surface area contributed by atoms with Gasteiger partial charge in [0.2, 0.25) is 0 Å². The molecule has 0 atom stereocenters. The summed E-state index contributed by atoms with van der Waals surface area (Å²) in [5, 5.41) is 43.7. The number of hydrogen-bond acceptors (Lipinski definition) is 11. The molecule has 0 saturated carbocycles. The Balaban J connectivity index is 1.43. The Labute approximate surface area is 239 Å². The van der Waals surface area contributed by atoms with Crippen LogP contribution in [0.4, 0.5) is 38.9 Å². The lowest BCUT2D eigenvalue weighted by Gasteiger charge is -2.13. The Bertz CT molecular complexity index is 1580. The average Bonchev–Trinajstić information content (AvgIpc) is 3.00. The minimum absolute atomic E-state index is 0.0218. The maximum absolute atomic E-state index is 12.8. The molecule has 0 fully saturated rings. The van der Waals surface area contributed by atoms with E-state index in [-0.39, 0.29) is 11.1 Å². The number of carboxylic acids is 2. The second kappa shape index (κ2) is 13.3. The average molecular weight is 567 g/mol. The van der Waals surface area contributed by atoms with Crippen molar-refractivity contribution in [1.82, 2.24) is 0 Å². The Kier molecular flexibility index (Phi) is 9.15. The van der Waals surface area contributed by atoms with E-state index >= 15 is 0 Å². The maximum atomic E-state index is 12.8. The van der Waals surface area contributed by atoms with E-state index in [0.29, 0.717) is 45.6 Å². The third-order valence-electron chi connectivity index (χ3n) is 5.59. The SMILES string of the molecule is COc1cc(N=Nc2cccc(C(=O)[O-])c2)ccc1NC(=O)Nc1ccc(N=Nc2cccc(C(=O)[O-])c2)cc1OC. The van der Waals surface area contributed by atoms with Gasteiger partial charge in [-0.25, -0.2) is 4.79 Å². The number of methoxy groups -OCH3 is 2. The van der Waals surface area contributed by atoms with Gasteiger partial charge in [-0.15, -0.1) is 0 Å². The first kappa shape index (κ1) is 28.9. The maximum Gasteiger partial charge on any atom is 0.323 e. The van der Waals surface area contributed by atoms with Crippen LogP contribution in [0.3, 0.4) is 0 Å². The van der Waals surface area contributed by atoms with Crippen LogP contribution in [0.5, 0.6) is 11.5 Å². The second-order valence-electron chi connectivity index (χ2n) is 8.42. The molecule has 13 heteroatoms. The molecule has 4 rings (SSSR count). The molecule has 0 aliphatic rings. The normalized spacial score (nSPS) is 10.9. The number of carbonyl (C=O) groups is 3. The van der Waals surface area contributed by atoms with Gasteiger partial charge in [-0.2, -0.15) is 20.5 Å². The molecule has 0 aromatic heterocycles. The number of aromatic carboxylic acids is 2. The summed E-state index contributed by atoms with van der Waals surface area (Å²) in [6, 6.07) is 20.5. The van der Waals surface area contributed by atoms with Crippen molar-refractivity contribution in [3.63, 3.8) is 0 Å². The van der Waals surface area contributed by atoms with Crippen LogP contribution in [-0.2, 0) is 0 Å². The number of amides is 2. The third-order valence-corrected chi connectivity index (χ3v) is 5.59. The number of hydrogen-bond donors (Lipinski definition) is 2. The van der Waals surface area contributed by atoms with Crippen molar-refractivity contribution in [2.45, 2.75) is 0 Å². The number of carboxylic acid groups (broad SMARTS) is 2. The first-order valence-electron chi connectivity index (χ1n) is 12.2. The van der Waals surface area contributed by atoms with E-state index in [9.17, 15) is 24.6 Å². The summed E-state index contributed by atoms with van der Waals surface area (Å²) in [5.41, 5.74) is 2.08. The summed E-state index contributed by atoms with van der Waals surface area (Å²) in [5.74, 6) is -2.04. The molecule has 0 bridgehead atoms. The van der Waals surface area contributed by atoms with Crippen LogP contribution in [0.15, 0.2) is 105 Å². The van der Waals surface area contributed by atoms with Gasteiger partial charge in [-0.3, -0.25) is 0 Å². The van der Waals surface area contributed by atoms with Gasteiger partial charge >= 0.3 is 6.03 Å². The smallest absolute Gasteiger partial charge is 0.323 e. The fraction of sp³-hybridized carbons (Fsp3) is 0.0690. The van der Waals surface area contributed by atoms with Crippen molar-refractivity contribution < 1.29 is 34.1 Å². The summed E-state index contributed by atoms with van der Waals surface area (Å²) >= 11 is 0. The van der Waals surface area contributed by atoms with Crippen molar-refractivity contribution in [2.75, 3.05) is 24.9 Å². The van der Waals surface area contributed by atoms with Crippen LogP contribution >= 0.6 is 0 Å². The Morgan fingerprint density at radius 1 is 0.571 bits per heavy atom. The summed E-state index contributed by atoms with van der Waals surface area (Å²) in [6.45, 7) is 0. The Morgan fingerprint density at radius 3 is 1.31 bits per heavy atom. The van der Waals surface area contributed by atoms with Crippen molar-refractivity contribution >= 4 is 52.1 Å². The lowest BCUT2D eigenvalue weighted by molar-refractivity contribution is -0.256. The number of rotatable bonds is 10. The van der Waals surface area contributed by atoms with E-state index in [0.717, 1.165) is 0 Å². The molecule has 0 unspecified atom stereocenters. The van der Waals surface area contributed by atoms with Crippen LogP contribution in [0.2, 0.25) is 0 Å². The molecule has 0 spiro atoms. The van der Waals surface area contributed by atoms with E-state index in [1.165, 1.54) is 50.6 Å². The van der Waals surface area contributed by atoms with Gasteiger partial charge in [0, 0.05) is 12.1 Å². The highest BCUT2D eigenvalue weighted by molar-refractivity contribution is 6.01. The van der Waals surface area contributed by atoms with Crippen LogP contribution in [0, 0.1) is 0 Å². The van der Waals surface area contributed by atoms with Crippen molar-refractivity contribution in [2.24, 2.45) is 20.5 Å². The second-order valence-corrected chi connectivity index (χ2v) is 8.42. The number of anilines is 2. The predicted molar refractivity (Wildman–Crippen MR) is 149 cm³/mol. The highest BCUT2D eigenvalue weighted by Crippen LogP contribution is 2.33. The zero-order chi connectivity index (χ0) is 30.1. The van der Waals surface area contributed by atoms with Gasteiger partial charge in [0.15, 0.2) is 0 Å². The molecule has 4 aromatic carbocycles. The lowest BCUT2D eigenvalue weighted by Crippen LogP contribution is -2.21. The Hall–Kier alpha value is -6.11. The summed E-state index contributed by atoms with van der Waals surface area (Å²) < 4.78 is 10.7. The summed E-state index contributed by atoms with van der Waals surface area (Å²) in [6.07, 6.45) is 0. The topological polar surface area (TPSA) is 189 Å². The fourth-order valence-corrected chi connectivity index (χ4v) is 3.59. The van der Waals surface area contributed by atoms with E-state index in [2.05, 4.69) is 31.1 Å². The first-order valence-corrected chi connectivity index (χ1v) is 12.2. The van der Waals surface area contributed by atoms with Crippen LogP contribution in [0.1, 0.15) is 20.7 Å². The lowest BCUT2D eigenvalue weighted by atomic mass is 10.2. The Morgan fingerprint density at radius 2 is 0.952 bits per heavy atom. The van der Waals surface area contributed by atoms with Gasteiger partial charge in [0.1, 0.15) is 11.5 Å². The highest BCUT2D eigenvalue weighted by Gasteiger charge is 2.12. The minimum Gasteiger partial charge on any atom is -0.545 e. The predicted octanol–water partition coefficient (Wildman–Crippen LogP) is 4.91. The molecule has 212 valence electrons. The van der Waals surface area contributed by atoms with Crippen molar-refractivity contribution in [3.05, 3.63) is 96.1 Å².